The lowest BCUT2D eigenvalue weighted by Gasteiger charge is -2.32. The van der Waals surface area contributed by atoms with Gasteiger partial charge >= 0.3 is 6.09 Å². The molecule has 1 aromatic heterocycles. The number of likely N-dealkylation sites (tertiary alicyclic amines) is 1. The normalized spacial score (nSPS) is 15.2. The first-order chi connectivity index (χ1) is 13.7. The molecule has 6 heteroatoms. The Kier molecular flexibility index (Phi) is 6.30. The van der Waals surface area contributed by atoms with Gasteiger partial charge in [-0.15, -0.1) is 0 Å². The lowest BCUT2D eigenvalue weighted by molar-refractivity contribution is 0.0523. The van der Waals surface area contributed by atoms with Crippen LogP contribution in [0, 0.1) is 6.92 Å². The zero-order chi connectivity index (χ0) is 21.0. The van der Waals surface area contributed by atoms with Gasteiger partial charge in [0, 0.05) is 19.6 Å². The van der Waals surface area contributed by atoms with Crippen molar-refractivity contribution in [3.63, 3.8) is 0 Å². The molecule has 2 aromatic rings. The molecule has 0 aliphatic carbocycles. The molecule has 1 saturated heterocycles. The third kappa shape index (κ3) is 5.86. The summed E-state index contributed by atoms with van der Waals surface area (Å²) in [6, 6.07) is 11.8. The maximum atomic E-state index is 12.5. The van der Waals surface area contributed by atoms with E-state index in [9.17, 15) is 9.59 Å². The van der Waals surface area contributed by atoms with Crippen molar-refractivity contribution in [3.05, 3.63) is 59.0 Å². The highest BCUT2D eigenvalue weighted by atomic mass is 16.6. The van der Waals surface area contributed by atoms with E-state index in [1.54, 1.807) is 6.07 Å². The van der Waals surface area contributed by atoms with Gasteiger partial charge in [-0.1, -0.05) is 24.3 Å². The van der Waals surface area contributed by atoms with E-state index >= 15 is 0 Å². The van der Waals surface area contributed by atoms with E-state index in [-0.39, 0.29) is 5.91 Å². The summed E-state index contributed by atoms with van der Waals surface area (Å²) < 4.78 is 10.7. The van der Waals surface area contributed by atoms with Crippen molar-refractivity contribution in [3.8, 4) is 0 Å². The van der Waals surface area contributed by atoms with E-state index in [0.717, 1.165) is 24.2 Å². The van der Waals surface area contributed by atoms with Crippen LogP contribution in [0.5, 0.6) is 0 Å². The Morgan fingerprint density at radius 1 is 1.17 bits per heavy atom. The second kappa shape index (κ2) is 8.72. The van der Waals surface area contributed by atoms with Gasteiger partial charge in [-0.2, -0.15) is 0 Å². The fourth-order valence-electron chi connectivity index (χ4n) is 3.57. The van der Waals surface area contributed by atoms with Crippen LogP contribution in [0.15, 0.2) is 40.8 Å². The van der Waals surface area contributed by atoms with Gasteiger partial charge in [-0.3, -0.25) is 4.79 Å². The zero-order valence-electron chi connectivity index (χ0n) is 17.7. The first kappa shape index (κ1) is 21.0. The third-order valence-corrected chi connectivity index (χ3v) is 4.99. The van der Waals surface area contributed by atoms with Gasteiger partial charge in [0.25, 0.3) is 5.91 Å². The summed E-state index contributed by atoms with van der Waals surface area (Å²) in [5, 5.41) is 2.80. The number of hydrogen-bond donors (Lipinski definition) is 1. The number of benzene rings is 1. The first-order valence-corrected chi connectivity index (χ1v) is 10.1. The zero-order valence-corrected chi connectivity index (χ0v) is 17.7. The summed E-state index contributed by atoms with van der Waals surface area (Å²) in [4.78, 5) is 26.3. The number of rotatable bonds is 4. The predicted octanol–water partition coefficient (Wildman–Crippen LogP) is 4.63. The van der Waals surface area contributed by atoms with Crippen molar-refractivity contribution in [1.29, 1.82) is 0 Å². The van der Waals surface area contributed by atoms with Crippen LogP contribution in [0.2, 0.25) is 0 Å². The fourth-order valence-corrected chi connectivity index (χ4v) is 3.57. The topological polar surface area (TPSA) is 71.8 Å². The number of carbonyl (C=O) groups is 2. The second-order valence-corrected chi connectivity index (χ2v) is 8.58. The molecule has 3 rings (SSSR count). The van der Waals surface area contributed by atoms with Crippen molar-refractivity contribution < 1.29 is 18.7 Å². The van der Waals surface area contributed by atoms with Gasteiger partial charge in [0.1, 0.15) is 11.4 Å². The Morgan fingerprint density at radius 3 is 2.52 bits per heavy atom. The highest BCUT2D eigenvalue weighted by Crippen LogP contribution is 2.29. The number of nitrogens with zero attached hydrogens (tertiary/aromatic N) is 1. The van der Waals surface area contributed by atoms with Crippen LogP contribution < -0.4 is 5.32 Å². The molecule has 0 bridgehead atoms. The van der Waals surface area contributed by atoms with Gasteiger partial charge in [-0.05, 0) is 69.7 Å². The Labute approximate surface area is 172 Å². The van der Waals surface area contributed by atoms with Crippen LogP contribution in [0.3, 0.4) is 0 Å². The molecule has 0 saturated carbocycles. The summed E-state index contributed by atoms with van der Waals surface area (Å²) in [5.74, 6) is 1.53. The fraction of sp³-hybridized carbons (Fsp3) is 0.478. The van der Waals surface area contributed by atoms with Crippen molar-refractivity contribution in [2.45, 2.75) is 58.6 Å². The molecule has 1 aliphatic heterocycles. The number of ether oxygens (including phenoxy) is 1. The second-order valence-electron chi connectivity index (χ2n) is 8.58. The summed E-state index contributed by atoms with van der Waals surface area (Å²) in [5.41, 5.74) is 1.78. The van der Waals surface area contributed by atoms with E-state index in [1.807, 2.05) is 50.8 Å². The number of amides is 2. The van der Waals surface area contributed by atoms with Crippen molar-refractivity contribution >= 4 is 12.0 Å². The number of carbonyl (C=O) groups excluding carboxylic acids is 2. The van der Waals surface area contributed by atoms with Gasteiger partial charge in [0.05, 0.1) is 0 Å². The molecule has 2 amide bonds. The monoisotopic (exact) mass is 398 g/mol. The lowest BCUT2D eigenvalue weighted by Crippen LogP contribution is -2.37. The Bertz CT molecular complexity index is 858. The van der Waals surface area contributed by atoms with E-state index < -0.39 is 11.7 Å². The van der Waals surface area contributed by atoms with Crippen LogP contribution in [-0.2, 0) is 11.3 Å². The van der Waals surface area contributed by atoms with Crippen LogP contribution in [0.1, 0.15) is 67.0 Å². The van der Waals surface area contributed by atoms with E-state index in [1.165, 1.54) is 5.56 Å². The van der Waals surface area contributed by atoms with E-state index in [2.05, 4.69) is 17.4 Å². The van der Waals surface area contributed by atoms with Gasteiger partial charge in [-0.25, -0.2) is 4.79 Å². The minimum Gasteiger partial charge on any atom is -0.456 e. The molecule has 1 N–H and O–H groups in total. The summed E-state index contributed by atoms with van der Waals surface area (Å²) in [7, 11) is 0. The van der Waals surface area contributed by atoms with Gasteiger partial charge in [0.15, 0.2) is 5.76 Å². The SMILES string of the molecule is Cc1ccc(C(=O)N2CCC(c3cccc(CNC(=O)OC(C)(C)C)c3)CC2)o1. The molecule has 29 heavy (non-hydrogen) atoms. The van der Waals surface area contributed by atoms with Crippen LogP contribution >= 0.6 is 0 Å². The minimum atomic E-state index is -0.508. The smallest absolute Gasteiger partial charge is 0.407 e. The molecular weight excluding hydrogens is 368 g/mol. The standard InChI is InChI=1S/C23H30N2O4/c1-16-8-9-20(28-16)21(26)25-12-10-18(11-13-25)19-7-5-6-17(14-19)15-24-22(27)29-23(2,3)4/h5-9,14,18H,10-13,15H2,1-4H3,(H,24,27). The molecule has 0 unspecified atom stereocenters. The molecule has 0 atom stereocenters. The minimum absolute atomic E-state index is 0.0353. The van der Waals surface area contributed by atoms with E-state index in [4.69, 9.17) is 9.15 Å². The lowest BCUT2D eigenvalue weighted by atomic mass is 9.88. The number of hydrogen-bond acceptors (Lipinski definition) is 4. The molecule has 1 fully saturated rings. The molecule has 1 aromatic carbocycles. The Hall–Kier alpha value is -2.76. The van der Waals surface area contributed by atoms with Crippen LogP contribution in [-0.4, -0.2) is 35.6 Å². The molecular formula is C23H30N2O4. The van der Waals surface area contributed by atoms with Crippen LogP contribution in [0.4, 0.5) is 4.79 Å². The molecule has 0 radical (unpaired) electrons. The van der Waals surface area contributed by atoms with Crippen molar-refractivity contribution in [2.24, 2.45) is 0 Å². The Morgan fingerprint density at radius 2 is 1.90 bits per heavy atom. The number of alkyl carbamates (subject to hydrolysis) is 1. The van der Waals surface area contributed by atoms with E-state index in [0.29, 0.717) is 31.3 Å². The maximum absolute atomic E-state index is 12.5. The molecule has 2 heterocycles. The average Bonchev–Trinajstić information content (AvgIpc) is 3.11. The number of aryl methyl sites for hydroxylation is 1. The number of nitrogens with one attached hydrogen (secondary N) is 1. The summed E-state index contributed by atoms with van der Waals surface area (Å²) in [6.45, 7) is 9.23. The quantitative estimate of drug-likeness (QED) is 0.815. The maximum Gasteiger partial charge on any atom is 0.407 e. The van der Waals surface area contributed by atoms with Crippen LogP contribution in [0.25, 0.3) is 0 Å². The predicted molar refractivity (Wildman–Crippen MR) is 111 cm³/mol. The number of piperidine rings is 1. The number of furan rings is 1. The third-order valence-electron chi connectivity index (χ3n) is 4.99. The molecule has 0 spiro atoms. The summed E-state index contributed by atoms with van der Waals surface area (Å²) in [6.07, 6.45) is 1.41. The molecule has 6 nitrogen and oxygen atoms in total. The highest BCUT2D eigenvalue weighted by molar-refractivity contribution is 5.91. The Balaban J connectivity index is 1.54. The summed E-state index contributed by atoms with van der Waals surface area (Å²) >= 11 is 0. The first-order valence-electron chi connectivity index (χ1n) is 10.1. The highest BCUT2D eigenvalue weighted by Gasteiger charge is 2.26. The van der Waals surface area contributed by atoms with Gasteiger partial charge < -0.3 is 19.4 Å². The van der Waals surface area contributed by atoms with Gasteiger partial charge in [0.2, 0.25) is 0 Å². The van der Waals surface area contributed by atoms with Crippen molar-refractivity contribution in [1.82, 2.24) is 10.2 Å². The van der Waals surface area contributed by atoms with Crippen molar-refractivity contribution in [2.75, 3.05) is 13.1 Å². The molecule has 156 valence electrons. The largest absolute Gasteiger partial charge is 0.456 e. The molecule has 1 aliphatic rings. The average molecular weight is 399 g/mol.